The van der Waals surface area contributed by atoms with E-state index in [0.29, 0.717) is 22.2 Å². The van der Waals surface area contributed by atoms with Crippen LogP contribution in [0.25, 0.3) is 0 Å². The van der Waals surface area contributed by atoms with Crippen LogP contribution in [0.15, 0.2) is 108 Å². The van der Waals surface area contributed by atoms with Crippen molar-refractivity contribution in [3.63, 3.8) is 0 Å². The van der Waals surface area contributed by atoms with E-state index in [2.05, 4.69) is 5.32 Å². The summed E-state index contributed by atoms with van der Waals surface area (Å²) < 4.78 is 29.3. The van der Waals surface area contributed by atoms with Crippen molar-refractivity contribution in [2.45, 2.75) is 44.7 Å². The Bertz CT molecular complexity index is 1710. The highest BCUT2D eigenvalue weighted by Crippen LogP contribution is 2.28. The van der Waals surface area contributed by atoms with Gasteiger partial charge < -0.3 is 10.2 Å². The van der Waals surface area contributed by atoms with Gasteiger partial charge in [0.15, 0.2) is 0 Å². The lowest BCUT2D eigenvalue weighted by atomic mass is 10.0. The molecule has 0 heterocycles. The van der Waals surface area contributed by atoms with E-state index in [0.717, 1.165) is 15.4 Å². The number of rotatable bonds is 13. The minimum absolute atomic E-state index is 0.0148. The van der Waals surface area contributed by atoms with Crippen LogP contribution in [0.5, 0.6) is 0 Å². The second-order valence-electron chi connectivity index (χ2n) is 11.3. The summed E-state index contributed by atoms with van der Waals surface area (Å²) >= 11 is 12.8. The molecule has 0 bridgehead atoms. The summed E-state index contributed by atoms with van der Waals surface area (Å²) in [7, 11) is -4.22. The zero-order chi connectivity index (χ0) is 32.6. The van der Waals surface area contributed by atoms with Crippen LogP contribution in [0.1, 0.15) is 30.5 Å². The quantitative estimate of drug-likeness (QED) is 0.168. The predicted octanol–water partition coefficient (Wildman–Crippen LogP) is 6.91. The van der Waals surface area contributed by atoms with E-state index in [1.165, 1.54) is 23.1 Å². The number of nitrogens with one attached hydrogen (secondary N) is 1. The Balaban J connectivity index is 1.81. The van der Waals surface area contributed by atoms with Crippen LogP contribution in [0, 0.1) is 12.8 Å². The van der Waals surface area contributed by atoms with Gasteiger partial charge in [0.2, 0.25) is 11.8 Å². The minimum atomic E-state index is -4.22. The highest BCUT2D eigenvalue weighted by molar-refractivity contribution is 7.92. The number of halogens is 2. The first kappa shape index (κ1) is 34.0. The predicted molar refractivity (Wildman–Crippen MR) is 181 cm³/mol. The fourth-order valence-corrected chi connectivity index (χ4v) is 6.57. The van der Waals surface area contributed by atoms with Gasteiger partial charge in [0, 0.05) is 29.6 Å². The maximum atomic E-state index is 14.5. The van der Waals surface area contributed by atoms with Gasteiger partial charge in [0.25, 0.3) is 10.0 Å². The molecule has 0 radical (unpaired) electrons. The van der Waals surface area contributed by atoms with E-state index < -0.39 is 28.5 Å². The maximum absolute atomic E-state index is 14.5. The highest BCUT2D eigenvalue weighted by Gasteiger charge is 2.35. The van der Waals surface area contributed by atoms with Gasteiger partial charge >= 0.3 is 0 Å². The molecule has 1 atom stereocenters. The van der Waals surface area contributed by atoms with E-state index in [4.69, 9.17) is 23.2 Å². The third-order valence-electron chi connectivity index (χ3n) is 7.24. The van der Waals surface area contributed by atoms with E-state index in [1.54, 1.807) is 54.6 Å². The lowest BCUT2D eigenvalue weighted by molar-refractivity contribution is -0.140. The van der Waals surface area contributed by atoms with Crippen molar-refractivity contribution in [1.82, 2.24) is 10.2 Å². The molecule has 0 spiro atoms. The number of sulfonamides is 1. The Kier molecular flexibility index (Phi) is 11.7. The molecule has 4 aromatic carbocycles. The van der Waals surface area contributed by atoms with Crippen molar-refractivity contribution >= 4 is 50.7 Å². The molecule has 0 saturated heterocycles. The standard InChI is InChI=1S/C35H37Cl2N3O4S/c1-25(2)22-38-35(42)33(20-27-10-5-4-6-11-27)39(23-28-12-7-8-15-32(28)37)34(41)24-40(30-14-9-13-29(36)21-30)45(43,44)31-18-16-26(3)17-19-31/h4-19,21,25,33H,20,22-24H2,1-3H3,(H,38,42)/t33-/m0/s1. The van der Waals surface area contributed by atoms with Crippen molar-refractivity contribution in [3.8, 4) is 0 Å². The van der Waals surface area contributed by atoms with Crippen LogP contribution < -0.4 is 9.62 Å². The molecule has 0 saturated carbocycles. The number of hydrogen-bond donors (Lipinski definition) is 1. The zero-order valence-corrected chi connectivity index (χ0v) is 27.8. The molecule has 0 aromatic heterocycles. The van der Waals surface area contributed by atoms with E-state index in [9.17, 15) is 18.0 Å². The molecule has 0 aliphatic carbocycles. The molecule has 0 aliphatic heterocycles. The van der Waals surface area contributed by atoms with E-state index in [-0.39, 0.29) is 35.4 Å². The van der Waals surface area contributed by atoms with Gasteiger partial charge in [0.05, 0.1) is 10.6 Å². The molecule has 7 nitrogen and oxygen atoms in total. The molecule has 0 aliphatic rings. The Morgan fingerprint density at radius 3 is 2.16 bits per heavy atom. The average Bonchev–Trinajstić information content (AvgIpc) is 3.01. The molecule has 236 valence electrons. The third kappa shape index (κ3) is 9.10. The number of benzene rings is 4. The molecular weight excluding hydrogens is 629 g/mol. The SMILES string of the molecule is Cc1ccc(S(=O)(=O)N(CC(=O)N(Cc2ccccc2Cl)[C@@H](Cc2ccccc2)C(=O)NCC(C)C)c2cccc(Cl)c2)cc1. The first-order valence-electron chi connectivity index (χ1n) is 14.6. The van der Waals surface area contributed by atoms with Gasteiger partial charge in [-0.1, -0.05) is 109 Å². The third-order valence-corrected chi connectivity index (χ3v) is 9.63. The van der Waals surface area contributed by atoms with Crippen molar-refractivity contribution < 1.29 is 18.0 Å². The fraction of sp³-hybridized carbons (Fsp3) is 0.257. The Hall–Kier alpha value is -3.85. The van der Waals surface area contributed by atoms with Crippen molar-refractivity contribution in [2.24, 2.45) is 5.92 Å². The summed E-state index contributed by atoms with van der Waals surface area (Å²) in [5, 5.41) is 3.72. The molecule has 1 N–H and O–H groups in total. The topological polar surface area (TPSA) is 86.8 Å². The van der Waals surface area contributed by atoms with Crippen molar-refractivity contribution in [1.29, 1.82) is 0 Å². The summed E-state index contributed by atoms with van der Waals surface area (Å²) in [5.74, 6) is -0.744. The summed E-state index contributed by atoms with van der Waals surface area (Å²) in [6.07, 6.45) is 0.211. The second-order valence-corrected chi connectivity index (χ2v) is 14.0. The van der Waals surface area contributed by atoms with Crippen LogP contribution >= 0.6 is 23.2 Å². The number of aryl methyl sites for hydroxylation is 1. The van der Waals surface area contributed by atoms with Crippen LogP contribution in [-0.2, 0) is 32.6 Å². The zero-order valence-electron chi connectivity index (χ0n) is 25.5. The van der Waals surface area contributed by atoms with Gasteiger partial charge in [-0.15, -0.1) is 0 Å². The van der Waals surface area contributed by atoms with Crippen LogP contribution in [-0.4, -0.2) is 44.3 Å². The van der Waals surface area contributed by atoms with Crippen molar-refractivity contribution in [3.05, 3.63) is 130 Å². The number of hydrogen-bond acceptors (Lipinski definition) is 4. The molecule has 2 amide bonds. The largest absolute Gasteiger partial charge is 0.354 e. The van der Waals surface area contributed by atoms with Crippen LogP contribution in [0.3, 0.4) is 0 Å². The molecule has 0 unspecified atom stereocenters. The van der Waals surface area contributed by atoms with Crippen LogP contribution in [0.4, 0.5) is 5.69 Å². The highest BCUT2D eigenvalue weighted by atomic mass is 35.5. The Labute approximate surface area is 275 Å². The molecule has 4 rings (SSSR count). The Morgan fingerprint density at radius 2 is 1.51 bits per heavy atom. The molecule has 0 fully saturated rings. The van der Waals surface area contributed by atoms with Crippen LogP contribution in [0.2, 0.25) is 10.0 Å². The summed E-state index contributed by atoms with van der Waals surface area (Å²) in [5.41, 5.74) is 2.58. The summed E-state index contributed by atoms with van der Waals surface area (Å²) in [4.78, 5) is 29.8. The van der Waals surface area contributed by atoms with Gasteiger partial charge in [-0.25, -0.2) is 8.42 Å². The smallest absolute Gasteiger partial charge is 0.264 e. The number of anilines is 1. The van der Waals surface area contributed by atoms with Gasteiger partial charge in [-0.2, -0.15) is 0 Å². The lowest BCUT2D eigenvalue weighted by Gasteiger charge is -2.34. The van der Waals surface area contributed by atoms with E-state index >= 15 is 0 Å². The maximum Gasteiger partial charge on any atom is 0.264 e. The number of nitrogens with zero attached hydrogens (tertiary/aromatic N) is 2. The first-order valence-corrected chi connectivity index (χ1v) is 16.8. The molecule has 4 aromatic rings. The lowest BCUT2D eigenvalue weighted by Crippen LogP contribution is -2.53. The number of amides is 2. The summed E-state index contributed by atoms with van der Waals surface area (Å²) in [6, 6.07) is 28.3. The van der Waals surface area contributed by atoms with E-state index in [1.807, 2.05) is 51.1 Å². The average molecular weight is 667 g/mol. The van der Waals surface area contributed by atoms with Gasteiger partial charge in [-0.3, -0.25) is 13.9 Å². The second kappa shape index (κ2) is 15.4. The number of carbonyl (C=O) groups excluding carboxylic acids is 2. The summed E-state index contributed by atoms with van der Waals surface area (Å²) in [6.45, 7) is 5.64. The first-order chi connectivity index (χ1) is 21.5. The van der Waals surface area contributed by atoms with Gasteiger partial charge in [-0.05, 0) is 60.4 Å². The Morgan fingerprint density at radius 1 is 0.844 bits per heavy atom. The van der Waals surface area contributed by atoms with Crippen molar-refractivity contribution in [2.75, 3.05) is 17.4 Å². The number of carbonyl (C=O) groups is 2. The molecule has 45 heavy (non-hydrogen) atoms. The molecule has 10 heteroatoms. The monoisotopic (exact) mass is 665 g/mol. The normalized spacial score (nSPS) is 12.0. The molecular formula is C35H37Cl2N3O4S. The minimum Gasteiger partial charge on any atom is -0.354 e. The van der Waals surface area contributed by atoms with Gasteiger partial charge in [0.1, 0.15) is 12.6 Å². The fourth-order valence-electron chi connectivity index (χ4n) is 4.78.